The van der Waals surface area contributed by atoms with Crippen LogP contribution in [0.5, 0.6) is 0 Å². The van der Waals surface area contributed by atoms with Gasteiger partial charge in [0, 0.05) is 32.3 Å². The summed E-state index contributed by atoms with van der Waals surface area (Å²) in [7, 11) is 0. The molecule has 11 rings (SSSR count). The first-order valence-corrected chi connectivity index (χ1v) is 20.0. The maximum Gasteiger partial charge on any atom is 0.0465 e. The molecule has 5 aliphatic carbocycles. The molecule has 5 aromatic carbocycles. The molecule has 1 aliphatic heterocycles. The normalized spacial score (nSPS) is 31.1. The highest BCUT2D eigenvalue weighted by Crippen LogP contribution is 2.89. The largest absolute Gasteiger partial charge is 0.310 e. The van der Waals surface area contributed by atoms with Crippen molar-refractivity contribution >= 4 is 28.8 Å². The molecule has 250 valence electrons. The van der Waals surface area contributed by atoms with Crippen LogP contribution in [-0.4, -0.2) is 0 Å². The van der Waals surface area contributed by atoms with E-state index in [0.29, 0.717) is 5.41 Å². The SMILES string of the molecule is CC1(C)CCC(C)(C)c2cc(-c3ccc(N(c4ccccc4)c4ccc5c(c4)C4(c6ccccc6S5)C5CC6CC7CC4C75C6)cc3)ccc21. The third-order valence-corrected chi connectivity index (χ3v) is 16.2. The van der Waals surface area contributed by atoms with E-state index in [1.54, 1.807) is 11.1 Å². The van der Waals surface area contributed by atoms with Crippen LogP contribution in [0.2, 0.25) is 0 Å². The van der Waals surface area contributed by atoms with E-state index in [4.69, 9.17) is 0 Å². The van der Waals surface area contributed by atoms with E-state index in [0.717, 1.165) is 23.7 Å². The van der Waals surface area contributed by atoms with E-state index in [1.807, 2.05) is 11.8 Å². The summed E-state index contributed by atoms with van der Waals surface area (Å²) in [6, 6.07) is 44.6. The molecule has 4 fully saturated rings. The predicted molar refractivity (Wildman–Crippen MR) is 208 cm³/mol. The van der Waals surface area contributed by atoms with Gasteiger partial charge in [-0.3, -0.25) is 0 Å². The molecule has 0 radical (unpaired) electrons. The third kappa shape index (κ3) is 3.72. The number of hydrogen-bond acceptors (Lipinski definition) is 2. The fourth-order valence-electron chi connectivity index (χ4n) is 12.8. The third-order valence-electron chi connectivity index (χ3n) is 15.1. The summed E-state index contributed by atoms with van der Waals surface area (Å²) in [5.41, 5.74) is 13.8. The summed E-state index contributed by atoms with van der Waals surface area (Å²) in [4.78, 5) is 5.48. The number of anilines is 3. The van der Waals surface area contributed by atoms with Crippen LogP contribution in [0.15, 0.2) is 125 Å². The number of fused-ring (bicyclic) bond motifs is 8. The summed E-state index contributed by atoms with van der Waals surface area (Å²) < 4.78 is 0. The fourth-order valence-corrected chi connectivity index (χ4v) is 14.0. The zero-order valence-electron chi connectivity index (χ0n) is 29.9. The van der Waals surface area contributed by atoms with Gasteiger partial charge in [-0.1, -0.05) is 106 Å². The lowest BCUT2D eigenvalue weighted by atomic mass is 9.26. The molecule has 0 saturated heterocycles. The number of hydrogen-bond donors (Lipinski definition) is 0. The Kier molecular flexibility index (Phi) is 5.97. The van der Waals surface area contributed by atoms with Crippen molar-refractivity contribution in [2.24, 2.45) is 29.1 Å². The zero-order valence-corrected chi connectivity index (χ0v) is 30.7. The molecule has 1 nitrogen and oxygen atoms in total. The average molecular weight is 670 g/mol. The zero-order chi connectivity index (χ0) is 33.6. The van der Waals surface area contributed by atoms with E-state index in [1.165, 1.54) is 87.6 Å². The molecule has 0 aromatic heterocycles. The van der Waals surface area contributed by atoms with Crippen molar-refractivity contribution < 1.29 is 0 Å². The molecule has 0 amide bonds. The van der Waals surface area contributed by atoms with Gasteiger partial charge in [0.15, 0.2) is 0 Å². The highest BCUT2D eigenvalue weighted by Gasteiger charge is 2.84. The Morgan fingerprint density at radius 2 is 1.20 bits per heavy atom. The maximum absolute atomic E-state index is 2.62. The first-order chi connectivity index (χ1) is 24.2. The number of para-hydroxylation sites is 1. The second-order valence-electron chi connectivity index (χ2n) is 18.1. The lowest BCUT2D eigenvalue weighted by Crippen LogP contribution is -2.74. The molecule has 2 bridgehead atoms. The Morgan fingerprint density at radius 1 is 0.540 bits per heavy atom. The number of nitrogens with zero attached hydrogens (tertiary/aromatic N) is 1. The minimum Gasteiger partial charge on any atom is -0.310 e. The lowest BCUT2D eigenvalue weighted by molar-refractivity contribution is -0.235. The molecular formula is C48H47NS. The van der Waals surface area contributed by atoms with E-state index in [-0.39, 0.29) is 16.2 Å². The Labute approximate surface area is 302 Å². The minimum absolute atomic E-state index is 0.167. The quantitative estimate of drug-likeness (QED) is 0.187. The van der Waals surface area contributed by atoms with Gasteiger partial charge in [0.05, 0.1) is 0 Å². The van der Waals surface area contributed by atoms with Crippen molar-refractivity contribution in [3.8, 4) is 11.1 Å². The van der Waals surface area contributed by atoms with Gasteiger partial charge in [0.1, 0.15) is 0 Å². The summed E-state index contributed by atoms with van der Waals surface area (Å²) in [5, 5.41) is 0. The smallest absolute Gasteiger partial charge is 0.0465 e. The van der Waals surface area contributed by atoms with Crippen LogP contribution in [0.1, 0.15) is 88.5 Å². The van der Waals surface area contributed by atoms with Gasteiger partial charge in [-0.25, -0.2) is 0 Å². The van der Waals surface area contributed by atoms with E-state index >= 15 is 0 Å². The van der Waals surface area contributed by atoms with Crippen LogP contribution in [0.25, 0.3) is 11.1 Å². The minimum atomic E-state index is 0.167. The molecule has 1 heterocycles. The van der Waals surface area contributed by atoms with Crippen molar-refractivity contribution in [1.82, 2.24) is 0 Å². The van der Waals surface area contributed by atoms with Crippen molar-refractivity contribution in [3.63, 3.8) is 0 Å². The van der Waals surface area contributed by atoms with Crippen LogP contribution in [0.4, 0.5) is 17.1 Å². The Bertz CT molecular complexity index is 2200. The van der Waals surface area contributed by atoms with Crippen LogP contribution < -0.4 is 4.90 Å². The van der Waals surface area contributed by atoms with E-state index in [9.17, 15) is 0 Å². The fraction of sp³-hybridized carbons (Fsp3) is 0.375. The molecular weight excluding hydrogens is 623 g/mol. The molecule has 4 saturated carbocycles. The highest BCUT2D eigenvalue weighted by molar-refractivity contribution is 7.99. The number of benzene rings is 5. The molecule has 50 heavy (non-hydrogen) atoms. The van der Waals surface area contributed by atoms with Crippen molar-refractivity contribution in [2.45, 2.75) is 92.3 Å². The molecule has 5 aromatic rings. The van der Waals surface area contributed by atoms with E-state index < -0.39 is 0 Å². The van der Waals surface area contributed by atoms with Crippen molar-refractivity contribution in [2.75, 3.05) is 4.90 Å². The first-order valence-electron chi connectivity index (χ1n) is 19.2. The summed E-state index contributed by atoms with van der Waals surface area (Å²) >= 11 is 2.01. The standard InChI is InChI=1S/C48H47NS/c1-45(2)22-23-46(3,4)39-26-32(16-20-37(39)45)31-14-17-35(18-15-31)49(34-10-6-5-7-11-34)36-19-21-42-40(28-36)48(38-12-8-9-13-41(38)50-42)43-25-30-24-33-27-44(48)47(33,43)29-30/h5-21,26,28,30,33,43-44H,22-25,27,29H2,1-4H3. The monoisotopic (exact) mass is 669 g/mol. The molecule has 6 aliphatic rings. The van der Waals surface area contributed by atoms with Gasteiger partial charge < -0.3 is 4.90 Å². The summed E-state index contributed by atoms with van der Waals surface area (Å²) in [6.07, 6.45) is 8.34. The highest BCUT2D eigenvalue weighted by atomic mass is 32.2. The predicted octanol–water partition coefficient (Wildman–Crippen LogP) is 13.0. The molecule has 0 N–H and O–H groups in total. The van der Waals surface area contributed by atoms with Crippen LogP contribution in [-0.2, 0) is 16.2 Å². The molecule has 2 heteroatoms. The Balaban J connectivity index is 1.02. The van der Waals surface area contributed by atoms with Gasteiger partial charge in [0.2, 0.25) is 0 Å². The van der Waals surface area contributed by atoms with E-state index in [2.05, 4.69) is 148 Å². The average Bonchev–Trinajstić information content (AvgIpc) is 3.66. The topological polar surface area (TPSA) is 3.24 Å². The lowest BCUT2D eigenvalue weighted by Gasteiger charge is -2.78. The molecule has 6 atom stereocenters. The van der Waals surface area contributed by atoms with Gasteiger partial charge >= 0.3 is 0 Å². The second-order valence-corrected chi connectivity index (χ2v) is 19.2. The van der Waals surface area contributed by atoms with Gasteiger partial charge in [-0.05, 0) is 160 Å². The van der Waals surface area contributed by atoms with Gasteiger partial charge in [0.25, 0.3) is 0 Å². The molecule has 2 spiro atoms. The molecule has 6 unspecified atom stereocenters. The van der Waals surface area contributed by atoms with Crippen LogP contribution in [0, 0.1) is 29.1 Å². The van der Waals surface area contributed by atoms with Crippen LogP contribution in [0.3, 0.4) is 0 Å². The summed E-state index contributed by atoms with van der Waals surface area (Å²) in [5.74, 6) is 3.53. The Morgan fingerprint density at radius 3 is 2.00 bits per heavy atom. The van der Waals surface area contributed by atoms with Gasteiger partial charge in [-0.15, -0.1) is 0 Å². The number of rotatable bonds is 4. The van der Waals surface area contributed by atoms with Gasteiger partial charge in [-0.2, -0.15) is 0 Å². The van der Waals surface area contributed by atoms with Crippen LogP contribution >= 0.6 is 11.8 Å². The van der Waals surface area contributed by atoms with Crippen molar-refractivity contribution in [3.05, 3.63) is 138 Å². The maximum atomic E-state index is 2.62. The second kappa shape index (κ2) is 9.97. The summed E-state index contributed by atoms with van der Waals surface area (Å²) in [6.45, 7) is 9.68. The van der Waals surface area contributed by atoms with Crippen molar-refractivity contribution in [1.29, 1.82) is 0 Å². The Hall–Kier alpha value is -3.75. The first kappa shape index (κ1) is 29.9.